The molecule has 3 nitrogen and oxygen atoms in total. The molecule has 0 unspecified atom stereocenters. The van der Waals surface area contributed by atoms with Gasteiger partial charge in [-0.05, 0) is 67.0 Å². The molecular weight excluding hydrogens is 386 g/mol. The summed E-state index contributed by atoms with van der Waals surface area (Å²) in [5.41, 5.74) is 5.80. The summed E-state index contributed by atoms with van der Waals surface area (Å²) < 4.78 is 1.28. The molecule has 0 fully saturated rings. The lowest BCUT2D eigenvalue weighted by atomic mass is 10.0. The molecule has 28 heavy (non-hydrogen) atoms. The minimum atomic E-state index is 0. The third kappa shape index (κ3) is 5.28. The van der Waals surface area contributed by atoms with Crippen LogP contribution in [0.15, 0.2) is 60.4 Å². The molecule has 4 aromatic rings. The number of aryl methyl sites for hydroxylation is 1. The van der Waals surface area contributed by atoms with Gasteiger partial charge in [-0.3, -0.25) is 4.98 Å². The molecule has 2 heterocycles. The number of halogens is 1. The second-order valence-corrected chi connectivity index (χ2v) is 8.13. The number of unbranched alkanes of at least 4 members (excludes halogenated alkanes) is 1. The second kappa shape index (κ2) is 9.97. The number of aromatic nitrogens is 2. The van der Waals surface area contributed by atoms with E-state index in [0.717, 1.165) is 18.5 Å². The highest BCUT2D eigenvalue weighted by atomic mass is 35.5. The molecule has 1 atom stereocenters. The number of benzene rings is 2. The summed E-state index contributed by atoms with van der Waals surface area (Å²) in [6, 6.07) is 15.9. The van der Waals surface area contributed by atoms with Gasteiger partial charge in [-0.25, -0.2) is 4.98 Å². The van der Waals surface area contributed by atoms with Crippen molar-refractivity contribution < 1.29 is 0 Å². The first-order valence-corrected chi connectivity index (χ1v) is 10.5. The number of fused-ring (bicyclic) bond motifs is 2. The van der Waals surface area contributed by atoms with E-state index in [9.17, 15) is 0 Å². The molecule has 0 aliphatic rings. The van der Waals surface area contributed by atoms with Gasteiger partial charge >= 0.3 is 0 Å². The van der Waals surface area contributed by atoms with Crippen molar-refractivity contribution >= 4 is 44.7 Å². The maximum Gasteiger partial charge on any atom is 0.0814 e. The van der Waals surface area contributed by atoms with E-state index in [4.69, 9.17) is 0 Å². The topological polar surface area (TPSA) is 37.8 Å². The zero-order valence-electron chi connectivity index (χ0n) is 16.1. The summed E-state index contributed by atoms with van der Waals surface area (Å²) in [5, 5.41) is 6.12. The highest BCUT2D eigenvalue weighted by Gasteiger charge is 2.04. The fourth-order valence-corrected chi connectivity index (χ4v) is 4.13. The highest BCUT2D eigenvalue weighted by molar-refractivity contribution is 7.16. The first kappa shape index (κ1) is 20.7. The Morgan fingerprint density at radius 1 is 1.00 bits per heavy atom. The van der Waals surface area contributed by atoms with E-state index in [0.29, 0.717) is 6.04 Å². The Morgan fingerprint density at radius 2 is 1.89 bits per heavy atom. The van der Waals surface area contributed by atoms with E-state index in [1.807, 2.05) is 17.9 Å². The predicted molar refractivity (Wildman–Crippen MR) is 122 cm³/mol. The minimum Gasteiger partial charge on any atom is -0.310 e. The number of thiazole rings is 1. The SMILES string of the molecule is C[C@H](CCCCc1ccc2scnc2c1)NCc1ccc2cnccc2c1.Cl. The molecule has 146 valence electrons. The van der Waals surface area contributed by atoms with Crippen LogP contribution in [-0.2, 0) is 13.0 Å². The Hall–Kier alpha value is -2.01. The molecule has 0 aliphatic carbocycles. The maximum absolute atomic E-state index is 4.41. The average molecular weight is 412 g/mol. The summed E-state index contributed by atoms with van der Waals surface area (Å²) in [7, 11) is 0. The van der Waals surface area contributed by atoms with Gasteiger partial charge in [0.25, 0.3) is 0 Å². The van der Waals surface area contributed by atoms with E-state index < -0.39 is 0 Å². The Kier molecular flexibility index (Phi) is 7.37. The van der Waals surface area contributed by atoms with Crippen LogP contribution in [0.5, 0.6) is 0 Å². The van der Waals surface area contributed by atoms with E-state index >= 15 is 0 Å². The smallest absolute Gasteiger partial charge is 0.0814 e. The summed E-state index contributed by atoms with van der Waals surface area (Å²) >= 11 is 1.71. The highest BCUT2D eigenvalue weighted by Crippen LogP contribution is 2.20. The van der Waals surface area contributed by atoms with E-state index in [1.165, 1.54) is 45.9 Å². The molecule has 0 saturated carbocycles. The van der Waals surface area contributed by atoms with Gasteiger partial charge in [-0.15, -0.1) is 23.7 Å². The van der Waals surface area contributed by atoms with Crippen LogP contribution in [0, 0.1) is 0 Å². The van der Waals surface area contributed by atoms with E-state index in [-0.39, 0.29) is 12.4 Å². The van der Waals surface area contributed by atoms with Gasteiger partial charge in [0, 0.05) is 30.4 Å². The van der Waals surface area contributed by atoms with Crippen molar-refractivity contribution in [2.24, 2.45) is 0 Å². The maximum atomic E-state index is 4.41. The number of nitrogens with zero attached hydrogens (tertiary/aromatic N) is 2. The van der Waals surface area contributed by atoms with Crippen LogP contribution >= 0.6 is 23.7 Å². The molecule has 0 amide bonds. The Balaban J connectivity index is 0.00000225. The number of rotatable bonds is 8. The molecule has 0 radical (unpaired) electrons. The molecule has 0 aliphatic heterocycles. The molecule has 0 spiro atoms. The predicted octanol–water partition coefficient (Wildman–Crippen LogP) is 6.16. The quantitative estimate of drug-likeness (QED) is 0.353. The summed E-state index contributed by atoms with van der Waals surface area (Å²) in [5.74, 6) is 0. The van der Waals surface area contributed by atoms with Crippen LogP contribution in [0.25, 0.3) is 21.0 Å². The van der Waals surface area contributed by atoms with Crippen molar-refractivity contribution in [3.8, 4) is 0 Å². The first-order chi connectivity index (χ1) is 13.3. The minimum absolute atomic E-state index is 0. The van der Waals surface area contributed by atoms with Crippen LogP contribution in [0.1, 0.15) is 37.3 Å². The van der Waals surface area contributed by atoms with Crippen LogP contribution in [-0.4, -0.2) is 16.0 Å². The number of hydrogen-bond donors (Lipinski definition) is 1. The molecular formula is C23H26ClN3S. The van der Waals surface area contributed by atoms with Crippen LogP contribution in [0.3, 0.4) is 0 Å². The lowest BCUT2D eigenvalue weighted by molar-refractivity contribution is 0.489. The monoisotopic (exact) mass is 411 g/mol. The Labute approximate surface area is 176 Å². The molecule has 2 aromatic carbocycles. The van der Waals surface area contributed by atoms with Crippen molar-refractivity contribution in [1.82, 2.24) is 15.3 Å². The van der Waals surface area contributed by atoms with Gasteiger partial charge in [0.1, 0.15) is 0 Å². The Morgan fingerprint density at radius 3 is 2.82 bits per heavy atom. The van der Waals surface area contributed by atoms with Crippen molar-refractivity contribution in [2.45, 2.75) is 45.2 Å². The normalized spacial score (nSPS) is 12.2. The van der Waals surface area contributed by atoms with Gasteiger partial charge in [0.15, 0.2) is 0 Å². The molecule has 5 heteroatoms. The van der Waals surface area contributed by atoms with Gasteiger partial charge in [-0.1, -0.05) is 24.6 Å². The molecule has 2 aromatic heterocycles. The van der Waals surface area contributed by atoms with Gasteiger partial charge in [0.2, 0.25) is 0 Å². The summed E-state index contributed by atoms with van der Waals surface area (Å²) in [6.45, 7) is 3.20. The van der Waals surface area contributed by atoms with E-state index in [1.54, 1.807) is 11.3 Å². The second-order valence-electron chi connectivity index (χ2n) is 7.24. The van der Waals surface area contributed by atoms with Crippen LogP contribution < -0.4 is 5.32 Å². The van der Waals surface area contributed by atoms with Crippen molar-refractivity contribution in [2.75, 3.05) is 0 Å². The van der Waals surface area contributed by atoms with Gasteiger partial charge in [-0.2, -0.15) is 0 Å². The summed E-state index contributed by atoms with van der Waals surface area (Å²) in [4.78, 5) is 8.59. The zero-order chi connectivity index (χ0) is 18.5. The van der Waals surface area contributed by atoms with Gasteiger partial charge in [0.05, 0.1) is 15.7 Å². The lowest BCUT2D eigenvalue weighted by Crippen LogP contribution is -2.25. The van der Waals surface area contributed by atoms with Crippen molar-refractivity contribution in [1.29, 1.82) is 0 Å². The Bertz CT molecular complexity index is 1030. The third-order valence-corrected chi connectivity index (χ3v) is 5.92. The number of nitrogens with one attached hydrogen (secondary N) is 1. The zero-order valence-corrected chi connectivity index (χ0v) is 17.7. The van der Waals surface area contributed by atoms with Gasteiger partial charge < -0.3 is 5.32 Å². The molecule has 0 saturated heterocycles. The van der Waals surface area contributed by atoms with Crippen LogP contribution in [0.4, 0.5) is 0 Å². The van der Waals surface area contributed by atoms with Crippen molar-refractivity contribution in [3.63, 3.8) is 0 Å². The molecule has 1 N–H and O–H groups in total. The average Bonchev–Trinajstić information content (AvgIpc) is 3.17. The fourth-order valence-electron chi connectivity index (χ4n) is 3.48. The standard InChI is InChI=1S/C23H25N3S.ClH/c1-17(25-14-19-6-8-21-15-24-11-10-20(21)12-19)4-2-3-5-18-7-9-23-22(13-18)26-16-27-23;/h6-13,15-17,25H,2-5,14H2,1H3;1H/t17-;/m1./s1. The first-order valence-electron chi connectivity index (χ1n) is 9.66. The largest absolute Gasteiger partial charge is 0.310 e. The number of hydrogen-bond acceptors (Lipinski definition) is 4. The molecule has 4 rings (SSSR count). The van der Waals surface area contributed by atoms with Crippen LogP contribution in [0.2, 0.25) is 0 Å². The van der Waals surface area contributed by atoms with Crippen molar-refractivity contribution in [3.05, 3.63) is 71.5 Å². The molecule has 0 bridgehead atoms. The fraction of sp³-hybridized carbons (Fsp3) is 0.304. The number of pyridine rings is 1. The summed E-state index contributed by atoms with van der Waals surface area (Å²) in [6.07, 6.45) is 8.59. The lowest BCUT2D eigenvalue weighted by Gasteiger charge is -2.14. The third-order valence-electron chi connectivity index (χ3n) is 5.11. The van der Waals surface area contributed by atoms with E-state index in [2.05, 4.69) is 64.7 Å².